The molecule has 2 fully saturated rings. The van der Waals surface area contributed by atoms with Crippen LogP contribution in [0.1, 0.15) is 141 Å². The van der Waals surface area contributed by atoms with Crippen LogP contribution in [0.25, 0.3) is 0 Å². The van der Waals surface area contributed by atoms with E-state index in [-0.39, 0.29) is 22.7 Å². The molecule has 2 aromatic rings. The predicted octanol–water partition coefficient (Wildman–Crippen LogP) is 14.0. The fourth-order valence-corrected chi connectivity index (χ4v) is 10.7. The standard InChI is InChI=1S/C48H62F4O/c1-3-5-9-23-45(25-11-7-12-26-45)47(39-15-17-41(49)43(51)33-39)29-19-37(20-30-47)35-53-36-38-21-31-48(32-22-38,40-16-18-42(50)44(52)34-40)46(24-10-6-4-2)27-13-8-14-28-46/h15-22,29-34,37-38H,3-14,23-28,35-36H2,1-2H3/t37-,38-,47+,48+. The zero-order chi connectivity index (χ0) is 37.4. The van der Waals surface area contributed by atoms with E-state index < -0.39 is 34.1 Å². The molecule has 0 N–H and O–H groups in total. The van der Waals surface area contributed by atoms with Gasteiger partial charge in [0.05, 0.1) is 13.2 Å². The number of halogens is 4. The molecule has 6 rings (SSSR count). The maximum absolute atomic E-state index is 14.8. The lowest BCUT2D eigenvalue weighted by atomic mass is 9.51. The molecule has 0 heterocycles. The van der Waals surface area contributed by atoms with E-state index in [2.05, 4.69) is 62.5 Å². The maximum atomic E-state index is 14.8. The maximum Gasteiger partial charge on any atom is 0.159 e. The van der Waals surface area contributed by atoms with Crippen molar-refractivity contribution in [2.24, 2.45) is 22.7 Å². The summed E-state index contributed by atoms with van der Waals surface area (Å²) in [4.78, 5) is 0. The van der Waals surface area contributed by atoms with Crippen LogP contribution in [0.3, 0.4) is 0 Å². The number of benzene rings is 2. The second-order valence-electron chi connectivity index (χ2n) is 16.9. The third kappa shape index (κ3) is 8.21. The minimum Gasteiger partial charge on any atom is -0.380 e. The van der Waals surface area contributed by atoms with Crippen molar-refractivity contribution < 1.29 is 22.3 Å². The summed E-state index contributed by atoms with van der Waals surface area (Å²) in [6.45, 7) is 5.51. The van der Waals surface area contributed by atoms with Gasteiger partial charge in [0.2, 0.25) is 0 Å². The van der Waals surface area contributed by atoms with Crippen LogP contribution in [0.15, 0.2) is 85.0 Å². The summed E-state index contributed by atoms with van der Waals surface area (Å²) in [5, 5.41) is 0. The molecule has 0 aliphatic heterocycles. The zero-order valence-electron chi connectivity index (χ0n) is 32.3. The first-order valence-electron chi connectivity index (χ1n) is 21.0. The predicted molar refractivity (Wildman–Crippen MR) is 210 cm³/mol. The van der Waals surface area contributed by atoms with Crippen LogP contribution in [0.5, 0.6) is 0 Å². The Bertz CT molecular complexity index is 1470. The van der Waals surface area contributed by atoms with Crippen molar-refractivity contribution >= 4 is 0 Å². The van der Waals surface area contributed by atoms with Crippen molar-refractivity contribution in [2.45, 2.75) is 140 Å². The molecule has 0 saturated heterocycles. The number of unbranched alkanes of at least 4 members (excludes halogenated alkanes) is 4. The van der Waals surface area contributed by atoms with Crippen LogP contribution in [-0.4, -0.2) is 13.2 Å². The smallest absolute Gasteiger partial charge is 0.159 e. The van der Waals surface area contributed by atoms with E-state index in [0.29, 0.717) is 13.2 Å². The molecule has 0 amide bonds. The number of hydrogen-bond acceptors (Lipinski definition) is 1. The van der Waals surface area contributed by atoms with E-state index in [0.717, 1.165) is 101 Å². The molecule has 53 heavy (non-hydrogen) atoms. The van der Waals surface area contributed by atoms with Crippen LogP contribution in [0, 0.1) is 45.9 Å². The molecule has 0 spiro atoms. The highest BCUT2D eigenvalue weighted by Crippen LogP contribution is 2.59. The number of hydrogen-bond donors (Lipinski definition) is 0. The normalized spacial score (nSPS) is 27.7. The minimum absolute atomic E-state index is 0.0344. The highest BCUT2D eigenvalue weighted by Gasteiger charge is 2.51. The van der Waals surface area contributed by atoms with Crippen molar-refractivity contribution in [1.82, 2.24) is 0 Å². The van der Waals surface area contributed by atoms with Gasteiger partial charge in [0.1, 0.15) is 0 Å². The molecule has 2 saturated carbocycles. The lowest BCUT2D eigenvalue weighted by Crippen LogP contribution is -2.46. The molecule has 0 unspecified atom stereocenters. The summed E-state index contributed by atoms with van der Waals surface area (Å²) >= 11 is 0. The second-order valence-corrected chi connectivity index (χ2v) is 16.9. The van der Waals surface area contributed by atoms with Crippen LogP contribution in [-0.2, 0) is 15.6 Å². The van der Waals surface area contributed by atoms with Gasteiger partial charge in [-0.25, -0.2) is 17.6 Å². The summed E-state index contributed by atoms with van der Waals surface area (Å²) in [5.74, 6) is -3.03. The van der Waals surface area contributed by atoms with Crippen LogP contribution < -0.4 is 0 Å². The van der Waals surface area contributed by atoms with Gasteiger partial charge in [0.25, 0.3) is 0 Å². The fourth-order valence-electron chi connectivity index (χ4n) is 10.7. The Hall–Kier alpha value is -2.92. The topological polar surface area (TPSA) is 9.23 Å². The molecule has 4 aliphatic carbocycles. The first-order valence-corrected chi connectivity index (χ1v) is 21.0. The van der Waals surface area contributed by atoms with E-state index in [9.17, 15) is 17.6 Å². The van der Waals surface area contributed by atoms with E-state index in [1.165, 1.54) is 49.9 Å². The molecule has 2 aromatic carbocycles. The second kappa shape index (κ2) is 17.7. The summed E-state index contributed by atoms with van der Waals surface area (Å²) in [7, 11) is 0. The molecule has 0 bridgehead atoms. The van der Waals surface area contributed by atoms with Gasteiger partial charge in [-0.1, -0.05) is 152 Å². The molecular formula is C48H62F4O. The molecule has 4 aliphatic rings. The highest BCUT2D eigenvalue weighted by molar-refractivity contribution is 5.45. The molecule has 5 heteroatoms. The van der Waals surface area contributed by atoms with Crippen LogP contribution in [0.4, 0.5) is 17.6 Å². The number of rotatable bonds is 16. The molecule has 0 aromatic heterocycles. The average molecular weight is 731 g/mol. The third-order valence-electron chi connectivity index (χ3n) is 13.7. The average Bonchev–Trinajstić information content (AvgIpc) is 3.18. The van der Waals surface area contributed by atoms with Gasteiger partial charge in [-0.15, -0.1) is 0 Å². The lowest BCUT2D eigenvalue weighted by molar-refractivity contribution is 0.0921. The van der Waals surface area contributed by atoms with Crippen molar-refractivity contribution in [2.75, 3.05) is 13.2 Å². The van der Waals surface area contributed by atoms with Gasteiger partial charge in [-0.3, -0.25) is 0 Å². The summed E-state index contributed by atoms with van der Waals surface area (Å²) in [6.07, 6.45) is 38.6. The van der Waals surface area contributed by atoms with Crippen molar-refractivity contribution in [3.05, 3.63) is 119 Å². The van der Waals surface area contributed by atoms with Gasteiger partial charge >= 0.3 is 0 Å². The van der Waals surface area contributed by atoms with E-state index in [1.54, 1.807) is 12.1 Å². The number of allylic oxidation sites excluding steroid dienone is 4. The Kier molecular flexibility index (Phi) is 13.3. The van der Waals surface area contributed by atoms with Crippen molar-refractivity contribution in [1.29, 1.82) is 0 Å². The first kappa shape index (κ1) is 39.8. The minimum atomic E-state index is -0.805. The quantitative estimate of drug-likeness (QED) is 0.0949. The summed E-state index contributed by atoms with van der Waals surface area (Å²) in [6, 6.07) is 9.03. The van der Waals surface area contributed by atoms with Gasteiger partial charge in [-0.2, -0.15) is 0 Å². The van der Waals surface area contributed by atoms with E-state index >= 15 is 0 Å². The largest absolute Gasteiger partial charge is 0.380 e. The van der Waals surface area contributed by atoms with Crippen molar-refractivity contribution in [3.63, 3.8) is 0 Å². The fraction of sp³-hybridized carbons (Fsp3) is 0.583. The highest BCUT2D eigenvalue weighted by atomic mass is 19.2. The van der Waals surface area contributed by atoms with E-state index in [1.807, 2.05) is 0 Å². The zero-order valence-corrected chi connectivity index (χ0v) is 32.3. The Balaban J connectivity index is 1.19. The summed E-state index contributed by atoms with van der Waals surface area (Å²) in [5.41, 5.74) is 0.635. The molecule has 0 atom stereocenters. The molecule has 288 valence electrons. The van der Waals surface area contributed by atoms with Crippen LogP contribution in [0.2, 0.25) is 0 Å². The Labute approximate surface area is 317 Å². The monoisotopic (exact) mass is 730 g/mol. The van der Waals surface area contributed by atoms with E-state index in [4.69, 9.17) is 4.74 Å². The van der Waals surface area contributed by atoms with Gasteiger partial charge in [-0.05, 0) is 84.7 Å². The lowest BCUT2D eigenvalue weighted by Gasteiger charge is -2.52. The Morgan fingerprint density at radius 1 is 0.509 bits per heavy atom. The SMILES string of the molecule is CCCCCC1([C@]2(c3ccc(F)c(F)c3)C=C[C@H](COC[C@H]3C=C[C@@](c4ccc(F)c(F)c4)(C4(CCCCC)CCCCC4)C=C3)C=C2)CCCCC1. The van der Waals surface area contributed by atoms with Crippen molar-refractivity contribution in [3.8, 4) is 0 Å². The van der Waals surface area contributed by atoms with Gasteiger partial charge in [0.15, 0.2) is 23.3 Å². The third-order valence-corrected chi connectivity index (χ3v) is 13.7. The molecule has 1 nitrogen and oxygen atoms in total. The Morgan fingerprint density at radius 2 is 0.887 bits per heavy atom. The van der Waals surface area contributed by atoms with Gasteiger partial charge < -0.3 is 4.74 Å². The Morgan fingerprint density at radius 3 is 1.23 bits per heavy atom. The van der Waals surface area contributed by atoms with Crippen LogP contribution >= 0.6 is 0 Å². The summed E-state index contributed by atoms with van der Waals surface area (Å²) < 4.78 is 64.4. The first-order chi connectivity index (χ1) is 25.7. The molecule has 0 radical (unpaired) electrons. The van der Waals surface area contributed by atoms with Gasteiger partial charge in [0, 0.05) is 22.7 Å². The number of ether oxygens (including phenoxy) is 1. The molecular weight excluding hydrogens is 669 g/mol.